The molecule has 0 nitrogen and oxygen atoms in total. The monoisotopic (exact) mass is 227 g/mol. The van der Waals surface area contributed by atoms with Gasteiger partial charge >= 0.3 is 5.32 Å². The number of hydrogen-bond acceptors (Lipinski definition) is 0. The van der Waals surface area contributed by atoms with Gasteiger partial charge in [-0.15, -0.1) is 0 Å². The molecule has 0 amide bonds. The van der Waals surface area contributed by atoms with Crippen molar-refractivity contribution in [2.45, 2.75) is 6.16 Å². The Labute approximate surface area is 81.2 Å². The average Bonchev–Trinajstić information content (AvgIpc) is 1.85. The van der Waals surface area contributed by atoms with E-state index in [0.29, 0.717) is 6.16 Å². The quantitative estimate of drug-likeness (QED) is 0.646. The van der Waals surface area contributed by atoms with Gasteiger partial charge in [-0.05, 0) is 5.56 Å². The molecule has 1 aromatic carbocycles. The van der Waals surface area contributed by atoms with Gasteiger partial charge in [0.05, 0.1) is 0 Å². The first-order chi connectivity index (χ1) is 5.08. The van der Waals surface area contributed by atoms with Gasteiger partial charge in [0.15, 0.2) is 0 Å². The van der Waals surface area contributed by atoms with Crippen LogP contribution in [0.3, 0.4) is 0 Å². The zero-order valence-electron chi connectivity index (χ0n) is 5.67. The minimum absolute atomic E-state index is 0.568. The van der Waals surface area contributed by atoms with E-state index in [-0.39, 0.29) is 0 Å². The van der Waals surface area contributed by atoms with E-state index in [1.54, 1.807) is 0 Å². The molecular weight excluding hydrogens is 221 g/mol. The largest absolute Gasteiger partial charge is 0.312 e. The number of hydrogen-bond donors (Lipinski definition) is 0. The molecule has 0 heterocycles. The Balaban J connectivity index is 2.66. The molecular formula is C7H7Cl3P+. The molecule has 11 heavy (non-hydrogen) atoms. The summed E-state index contributed by atoms with van der Waals surface area (Å²) in [4.78, 5) is 0. The maximum absolute atomic E-state index is 5.71. The van der Waals surface area contributed by atoms with E-state index in [1.807, 2.05) is 30.3 Å². The highest BCUT2D eigenvalue weighted by Gasteiger charge is 2.32. The molecule has 0 N–H and O–H groups in total. The Bertz CT molecular complexity index is 217. The van der Waals surface area contributed by atoms with Crippen LogP contribution in [0.15, 0.2) is 30.3 Å². The predicted octanol–water partition coefficient (Wildman–Crippen LogP) is 4.67. The maximum Gasteiger partial charge on any atom is 0.312 e. The van der Waals surface area contributed by atoms with E-state index in [4.69, 9.17) is 33.7 Å². The van der Waals surface area contributed by atoms with Crippen LogP contribution in [-0.4, -0.2) is 0 Å². The molecule has 0 unspecified atom stereocenters. The molecule has 0 radical (unpaired) electrons. The lowest BCUT2D eigenvalue weighted by Crippen LogP contribution is -1.78. The van der Waals surface area contributed by atoms with Gasteiger partial charge in [-0.25, -0.2) is 0 Å². The van der Waals surface area contributed by atoms with Crippen molar-refractivity contribution < 1.29 is 0 Å². The lowest BCUT2D eigenvalue weighted by molar-refractivity contribution is 1.41. The van der Waals surface area contributed by atoms with E-state index in [0.717, 1.165) is 5.56 Å². The second-order valence-electron chi connectivity index (χ2n) is 2.19. The van der Waals surface area contributed by atoms with Gasteiger partial charge in [0.1, 0.15) is 39.9 Å². The Kier molecular flexibility index (Phi) is 3.46. The summed E-state index contributed by atoms with van der Waals surface area (Å²) in [5.74, 6) is 0. The van der Waals surface area contributed by atoms with Crippen LogP contribution < -0.4 is 0 Å². The third-order valence-corrected chi connectivity index (χ3v) is 3.00. The highest BCUT2D eigenvalue weighted by Crippen LogP contribution is 2.75. The highest BCUT2D eigenvalue weighted by atomic mass is 36.1. The summed E-state index contributed by atoms with van der Waals surface area (Å²) >= 11 is 17.1. The molecule has 0 aliphatic heterocycles. The van der Waals surface area contributed by atoms with Crippen molar-refractivity contribution in [1.82, 2.24) is 0 Å². The van der Waals surface area contributed by atoms with Crippen LogP contribution in [0.5, 0.6) is 0 Å². The van der Waals surface area contributed by atoms with E-state index in [9.17, 15) is 0 Å². The van der Waals surface area contributed by atoms with Crippen molar-refractivity contribution in [1.29, 1.82) is 0 Å². The third-order valence-electron chi connectivity index (χ3n) is 1.20. The molecule has 60 valence electrons. The number of rotatable bonds is 2. The van der Waals surface area contributed by atoms with Gasteiger partial charge in [-0.2, -0.15) is 0 Å². The van der Waals surface area contributed by atoms with Crippen LogP contribution in [-0.2, 0) is 6.16 Å². The topological polar surface area (TPSA) is 0 Å². The van der Waals surface area contributed by atoms with Crippen molar-refractivity contribution >= 4 is 39.0 Å². The molecule has 0 saturated heterocycles. The van der Waals surface area contributed by atoms with Crippen molar-refractivity contribution in [2.75, 3.05) is 0 Å². The second-order valence-corrected chi connectivity index (χ2v) is 10.4. The second kappa shape index (κ2) is 3.96. The first kappa shape index (κ1) is 9.61. The van der Waals surface area contributed by atoms with Gasteiger partial charge in [0, 0.05) is 0 Å². The van der Waals surface area contributed by atoms with E-state index >= 15 is 0 Å². The minimum Gasteiger partial charge on any atom is -0.0622 e. The maximum atomic E-state index is 5.71. The van der Waals surface area contributed by atoms with Crippen LogP contribution in [0.2, 0.25) is 0 Å². The van der Waals surface area contributed by atoms with Crippen molar-refractivity contribution in [3.63, 3.8) is 0 Å². The zero-order valence-corrected chi connectivity index (χ0v) is 8.84. The van der Waals surface area contributed by atoms with Crippen LogP contribution in [0.4, 0.5) is 0 Å². The Hall–Kier alpha value is 0.520. The third kappa shape index (κ3) is 4.18. The molecule has 0 atom stereocenters. The van der Waals surface area contributed by atoms with Crippen molar-refractivity contribution in [2.24, 2.45) is 0 Å². The fraction of sp³-hybridized carbons (Fsp3) is 0.143. The summed E-state index contributed by atoms with van der Waals surface area (Å²) in [6.45, 7) is 0. The standard InChI is InChI=1S/C7H7Cl3P/c8-11(9,10)6-7-4-2-1-3-5-7/h1-5H,6H2/q+1. The van der Waals surface area contributed by atoms with Crippen LogP contribution in [0.1, 0.15) is 5.56 Å². The first-order valence-electron chi connectivity index (χ1n) is 3.09. The van der Waals surface area contributed by atoms with E-state index in [1.165, 1.54) is 0 Å². The Morgan fingerprint density at radius 3 is 2.00 bits per heavy atom. The number of benzene rings is 1. The van der Waals surface area contributed by atoms with Crippen LogP contribution in [0, 0.1) is 0 Å². The summed E-state index contributed by atoms with van der Waals surface area (Å²) in [7, 11) is 0. The minimum atomic E-state index is -2.22. The Morgan fingerprint density at radius 1 is 1.00 bits per heavy atom. The molecule has 0 bridgehead atoms. The summed E-state index contributed by atoms with van der Waals surface area (Å²) < 4.78 is 0. The van der Waals surface area contributed by atoms with Crippen LogP contribution in [0.25, 0.3) is 0 Å². The van der Waals surface area contributed by atoms with Crippen molar-refractivity contribution in [3.05, 3.63) is 35.9 Å². The molecule has 0 saturated carbocycles. The molecule has 0 aromatic heterocycles. The molecule has 0 spiro atoms. The zero-order chi connectivity index (χ0) is 8.32. The molecule has 4 heteroatoms. The van der Waals surface area contributed by atoms with Gasteiger partial charge < -0.3 is 0 Å². The van der Waals surface area contributed by atoms with Gasteiger partial charge in [-0.3, -0.25) is 0 Å². The average molecular weight is 228 g/mol. The predicted molar refractivity (Wildman–Crippen MR) is 54.6 cm³/mol. The highest BCUT2D eigenvalue weighted by molar-refractivity contribution is 8.32. The van der Waals surface area contributed by atoms with Crippen molar-refractivity contribution in [3.8, 4) is 0 Å². The van der Waals surface area contributed by atoms with Gasteiger partial charge in [0.2, 0.25) is 0 Å². The molecule has 0 aliphatic carbocycles. The van der Waals surface area contributed by atoms with E-state index < -0.39 is 5.32 Å². The smallest absolute Gasteiger partial charge is 0.0622 e. The van der Waals surface area contributed by atoms with E-state index in [2.05, 4.69) is 0 Å². The fourth-order valence-electron chi connectivity index (χ4n) is 0.790. The van der Waals surface area contributed by atoms with Gasteiger partial charge in [-0.1, -0.05) is 30.3 Å². The van der Waals surface area contributed by atoms with Gasteiger partial charge in [0.25, 0.3) is 0 Å². The number of halogens is 3. The summed E-state index contributed by atoms with van der Waals surface area (Å²) in [6.07, 6.45) is 0.568. The molecule has 1 aromatic rings. The normalized spacial score (nSPS) is 11.5. The SMILES string of the molecule is Cl[P+](Cl)(Cl)Cc1ccccc1. The Morgan fingerprint density at radius 2 is 1.55 bits per heavy atom. The lowest BCUT2D eigenvalue weighted by atomic mass is 10.2. The fourth-order valence-corrected chi connectivity index (χ4v) is 2.66. The lowest BCUT2D eigenvalue weighted by Gasteiger charge is -1.98. The summed E-state index contributed by atoms with van der Waals surface area (Å²) in [5, 5.41) is -2.22. The molecule has 1 rings (SSSR count). The summed E-state index contributed by atoms with van der Waals surface area (Å²) in [5.41, 5.74) is 1.08. The molecule has 0 aliphatic rings. The molecule has 0 fully saturated rings. The van der Waals surface area contributed by atoms with Crippen LogP contribution >= 0.6 is 39.0 Å². The first-order valence-corrected chi connectivity index (χ1v) is 7.78. The summed E-state index contributed by atoms with van der Waals surface area (Å²) in [6, 6.07) is 9.75.